The lowest BCUT2D eigenvalue weighted by Gasteiger charge is -2.14. The van der Waals surface area contributed by atoms with Crippen molar-refractivity contribution in [1.82, 2.24) is 10.2 Å². The summed E-state index contributed by atoms with van der Waals surface area (Å²) in [5.74, 6) is -0.738. The molecule has 0 aromatic heterocycles. The molecule has 0 atom stereocenters. The minimum atomic E-state index is -3.84. The Balaban J connectivity index is 1.31. The second kappa shape index (κ2) is 10.1. The first-order chi connectivity index (χ1) is 15.9. The maximum atomic E-state index is 13.0. The first-order valence-electron chi connectivity index (χ1n) is 10.9. The van der Waals surface area contributed by atoms with E-state index in [0.717, 1.165) is 25.2 Å². The first-order valence-corrected chi connectivity index (χ1v) is 12.3. The van der Waals surface area contributed by atoms with Gasteiger partial charge in [0, 0.05) is 24.3 Å². The van der Waals surface area contributed by atoms with Gasteiger partial charge in [-0.15, -0.1) is 0 Å². The van der Waals surface area contributed by atoms with Gasteiger partial charge in [0.25, 0.3) is 15.9 Å². The van der Waals surface area contributed by atoms with Crippen LogP contribution in [0.1, 0.15) is 34.3 Å². The van der Waals surface area contributed by atoms with Gasteiger partial charge < -0.3 is 5.32 Å². The molecule has 0 saturated carbocycles. The summed E-state index contributed by atoms with van der Waals surface area (Å²) < 4.78 is 40.4. The molecule has 0 radical (unpaired) electrons. The lowest BCUT2D eigenvalue weighted by atomic mass is 10.1. The van der Waals surface area contributed by atoms with Gasteiger partial charge in [-0.1, -0.05) is 24.3 Å². The number of hydrogen-bond acceptors (Lipinski definition) is 4. The Bertz CT molecular complexity index is 1190. The van der Waals surface area contributed by atoms with Crippen molar-refractivity contribution >= 4 is 21.6 Å². The van der Waals surface area contributed by atoms with Crippen molar-refractivity contribution in [3.05, 3.63) is 95.3 Å². The molecular weight excluding hydrogens is 441 g/mol. The van der Waals surface area contributed by atoms with E-state index in [9.17, 15) is 17.6 Å². The Morgan fingerprint density at radius 2 is 1.45 bits per heavy atom. The van der Waals surface area contributed by atoms with Crippen molar-refractivity contribution in [2.24, 2.45) is 0 Å². The van der Waals surface area contributed by atoms with Gasteiger partial charge in [0.2, 0.25) is 0 Å². The molecule has 1 aliphatic heterocycles. The highest BCUT2D eigenvalue weighted by Crippen LogP contribution is 2.17. The largest absolute Gasteiger partial charge is 0.348 e. The van der Waals surface area contributed by atoms with E-state index in [-0.39, 0.29) is 16.5 Å². The molecule has 1 amide bonds. The number of halogens is 1. The highest BCUT2D eigenvalue weighted by atomic mass is 32.2. The van der Waals surface area contributed by atoms with Crippen LogP contribution in [-0.4, -0.2) is 32.3 Å². The third kappa shape index (κ3) is 6.18. The van der Waals surface area contributed by atoms with E-state index in [1.807, 2.05) is 12.1 Å². The highest BCUT2D eigenvalue weighted by molar-refractivity contribution is 7.92. The summed E-state index contributed by atoms with van der Waals surface area (Å²) in [5, 5.41) is 2.86. The quantitative estimate of drug-likeness (QED) is 0.522. The van der Waals surface area contributed by atoms with Crippen molar-refractivity contribution < 1.29 is 17.6 Å². The molecule has 33 heavy (non-hydrogen) atoms. The Kier molecular flexibility index (Phi) is 7.05. The standard InChI is InChI=1S/C25H26FN3O3S/c26-22-9-11-23(12-10-22)28-33(31,32)24-13-7-21(8-14-24)25(30)27-17-19-3-5-20(6-4-19)18-29-15-1-2-16-29/h3-14,28H,1-2,15-18H2,(H,27,30). The fraction of sp³-hybridized carbons (Fsp3) is 0.240. The molecule has 0 aliphatic carbocycles. The van der Waals surface area contributed by atoms with E-state index in [1.165, 1.54) is 66.9 Å². The molecule has 0 unspecified atom stereocenters. The third-order valence-electron chi connectivity index (χ3n) is 5.60. The molecular formula is C25H26FN3O3S. The number of rotatable bonds is 8. The summed E-state index contributed by atoms with van der Waals surface area (Å²) in [6.07, 6.45) is 2.53. The second-order valence-corrected chi connectivity index (χ2v) is 9.80. The minimum Gasteiger partial charge on any atom is -0.348 e. The Labute approximate surface area is 193 Å². The van der Waals surface area contributed by atoms with Gasteiger partial charge in [-0.25, -0.2) is 12.8 Å². The zero-order chi connectivity index (χ0) is 23.3. The van der Waals surface area contributed by atoms with Crippen LogP contribution in [0.5, 0.6) is 0 Å². The molecule has 8 heteroatoms. The summed E-state index contributed by atoms with van der Waals surface area (Å²) in [4.78, 5) is 14.9. The van der Waals surface area contributed by atoms with Gasteiger partial charge in [0.05, 0.1) is 4.90 Å². The smallest absolute Gasteiger partial charge is 0.261 e. The summed E-state index contributed by atoms with van der Waals surface area (Å²) in [6.45, 7) is 3.65. The first kappa shape index (κ1) is 22.9. The Morgan fingerprint density at radius 3 is 2.09 bits per heavy atom. The van der Waals surface area contributed by atoms with E-state index in [1.54, 1.807) is 0 Å². The van der Waals surface area contributed by atoms with Gasteiger partial charge in [-0.3, -0.25) is 14.4 Å². The van der Waals surface area contributed by atoms with Crippen LogP contribution in [-0.2, 0) is 23.1 Å². The number of amides is 1. The molecule has 0 spiro atoms. The maximum absolute atomic E-state index is 13.0. The van der Waals surface area contributed by atoms with Crippen LogP contribution in [0.25, 0.3) is 0 Å². The fourth-order valence-corrected chi connectivity index (χ4v) is 4.82. The number of benzene rings is 3. The highest BCUT2D eigenvalue weighted by Gasteiger charge is 2.16. The molecule has 1 fully saturated rings. The number of anilines is 1. The van der Waals surface area contributed by atoms with Gasteiger partial charge in [0.1, 0.15) is 5.82 Å². The minimum absolute atomic E-state index is 0.0111. The van der Waals surface area contributed by atoms with E-state index < -0.39 is 15.8 Å². The van der Waals surface area contributed by atoms with Gasteiger partial charge >= 0.3 is 0 Å². The van der Waals surface area contributed by atoms with Crippen molar-refractivity contribution in [3.8, 4) is 0 Å². The van der Waals surface area contributed by atoms with Crippen LogP contribution in [0, 0.1) is 5.82 Å². The zero-order valence-electron chi connectivity index (χ0n) is 18.1. The van der Waals surface area contributed by atoms with Crippen LogP contribution < -0.4 is 10.0 Å². The normalized spacial score (nSPS) is 14.2. The number of hydrogen-bond donors (Lipinski definition) is 2. The van der Waals surface area contributed by atoms with Crippen LogP contribution in [0.3, 0.4) is 0 Å². The molecule has 4 rings (SSSR count). The summed E-state index contributed by atoms with van der Waals surface area (Å²) >= 11 is 0. The van der Waals surface area contributed by atoms with Crippen LogP contribution in [0.2, 0.25) is 0 Å². The maximum Gasteiger partial charge on any atom is 0.261 e. The molecule has 2 N–H and O–H groups in total. The average Bonchev–Trinajstić information content (AvgIpc) is 3.33. The molecule has 3 aromatic rings. The van der Waals surface area contributed by atoms with Crippen LogP contribution >= 0.6 is 0 Å². The summed E-state index contributed by atoms with van der Waals surface area (Å²) in [6, 6.07) is 18.9. The number of sulfonamides is 1. The third-order valence-corrected chi connectivity index (χ3v) is 7.00. The molecule has 1 aliphatic rings. The van der Waals surface area contributed by atoms with Gasteiger partial charge in [0.15, 0.2) is 0 Å². The average molecular weight is 468 g/mol. The van der Waals surface area contributed by atoms with E-state index in [4.69, 9.17) is 0 Å². The predicted molar refractivity (Wildman–Crippen MR) is 126 cm³/mol. The molecule has 6 nitrogen and oxygen atoms in total. The number of carbonyl (C=O) groups excluding carboxylic acids is 1. The van der Waals surface area contributed by atoms with Gasteiger partial charge in [-0.2, -0.15) is 0 Å². The Morgan fingerprint density at radius 1 is 0.848 bits per heavy atom. The lowest BCUT2D eigenvalue weighted by Crippen LogP contribution is -2.23. The molecule has 3 aromatic carbocycles. The molecule has 1 saturated heterocycles. The molecule has 172 valence electrons. The van der Waals surface area contributed by atoms with Crippen molar-refractivity contribution in [1.29, 1.82) is 0 Å². The van der Waals surface area contributed by atoms with Crippen LogP contribution in [0.15, 0.2) is 77.7 Å². The fourth-order valence-electron chi connectivity index (χ4n) is 3.76. The number of carbonyl (C=O) groups is 1. The number of likely N-dealkylation sites (tertiary alicyclic amines) is 1. The van der Waals surface area contributed by atoms with E-state index in [0.29, 0.717) is 12.1 Å². The van der Waals surface area contributed by atoms with Crippen molar-refractivity contribution in [2.45, 2.75) is 30.8 Å². The SMILES string of the molecule is O=C(NCc1ccc(CN2CCCC2)cc1)c1ccc(S(=O)(=O)Nc2ccc(F)cc2)cc1. The van der Waals surface area contributed by atoms with Crippen molar-refractivity contribution in [3.63, 3.8) is 0 Å². The predicted octanol–water partition coefficient (Wildman–Crippen LogP) is 4.15. The monoisotopic (exact) mass is 467 g/mol. The lowest BCUT2D eigenvalue weighted by molar-refractivity contribution is 0.0951. The summed E-state index contributed by atoms with van der Waals surface area (Å²) in [7, 11) is -3.84. The number of nitrogens with one attached hydrogen (secondary N) is 2. The zero-order valence-corrected chi connectivity index (χ0v) is 18.9. The molecule has 0 bridgehead atoms. The molecule has 1 heterocycles. The number of nitrogens with zero attached hydrogens (tertiary/aromatic N) is 1. The van der Waals surface area contributed by atoms with Crippen LogP contribution in [0.4, 0.5) is 10.1 Å². The summed E-state index contributed by atoms with van der Waals surface area (Å²) in [5.41, 5.74) is 2.88. The van der Waals surface area contributed by atoms with E-state index in [2.05, 4.69) is 27.1 Å². The van der Waals surface area contributed by atoms with Gasteiger partial charge in [-0.05, 0) is 85.6 Å². The van der Waals surface area contributed by atoms with E-state index >= 15 is 0 Å². The Hall–Kier alpha value is -3.23. The topological polar surface area (TPSA) is 78.5 Å². The second-order valence-electron chi connectivity index (χ2n) is 8.12. The van der Waals surface area contributed by atoms with Crippen molar-refractivity contribution in [2.75, 3.05) is 17.8 Å².